The Labute approximate surface area is 120 Å². The van der Waals surface area contributed by atoms with E-state index < -0.39 is 9.84 Å². The maximum absolute atomic E-state index is 11.2. The van der Waals surface area contributed by atoms with Crippen LogP contribution in [0.3, 0.4) is 0 Å². The number of nitrogens with one attached hydrogen (secondary N) is 1. The maximum Gasteiger partial charge on any atom is 0.147 e. The van der Waals surface area contributed by atoms with Gasteiger partial charge < -0.3 is 5.32 Å². The number of halogens is 1. The van der Waals surface area contributed by atoms with Crippen LogP contribution in [0.4, 0.5) is 0 Å². The number of aromatic nitrogens is 1. The first-order valence-corrected chi connectivity index (χ1v) is 8.88. The second-order valence-electron chi connectivity index (χ2n) is 4.68. The van der Waals surface area contributed by atoms with E-state index in [-0.39, 0.29) is 11.8 Å². The van der Waals surface area contributed by atoms with Crippen molar-refractivity contribution in [2.45, 2.75) is 32.2 Å². The van der Waals surface area contributed by atoms with E-state index >= 15 is 0 Å². The zero-order chi connectivity index (χ0) is 14.3. The fraction of sp³-hybridized carbons (Fsp3) is 0.615. The van der Waals surface area contributed by atoms with E-state index in [1.54, 1.807) is 12.4 Å². The highest BCUT2D eigenvalue weighted by Gasteiger charge is 2.14. The molecule has 1 atom stereocenters. The minimum absolute atomic E-state index is 0.0807. The molecular weight excluding hydrogens is 284 g/mol. The van der Waals surface area contributed by atoms with Crippen molar-refractivity contribution in [3.05, 3.63) is 29.0 Å². The van der Waals surface area contributed by atoms with Gasteiger partial charge in [-0.15, -0.1) is 0 Å². The third-order valence-electron chi connectivity index (χ3n) is 2.83. The summed E-state index contributed by atoms with van der Waals surface area (Å²) >= 11 is 6.15. The highest BCUT2D eigenvalue weighted by Crippen LogP contribution is 2.25. The SMILES string of the molecule is CCCNC(CCCS(C)(=O)=O)c1ccncc1Cl. The lowest BCUT2D eigenvalue weighted by atomic mass is 10.0. The maximum atomic E-state index is 11.2. The largest absolute Gasteiger partial charge is 0.310 e. The summed E-state index contributed by atoms with van der Waals surface area (Å²) < 4.78 is 22.3. The highest BCUT2D eigenvalue weighted by molar-refractivity contribution is 7.90. The zero-order valence-electron chi connectivity index (χ0n) is 11.4. The van der Waals surface area contributed by atoms with E-state index in [1.807, 2.05) is 6.07 Å². The third-order valence-corrected chi connectivity index (χ3v) is 4.17. The van der Waals surface area contributed by atoms with Crippen LogP contribution in [0, 0.1) is 0 Å². The molecule has 1 rings (SSSR count). The lowest BCUT2D eigenvalue weighted by Crippen LogP contribution is -2.23. The predicted octanol–water partition coefficient (Wildman–Crippen LogP) is 2.60. The van der Waals surface area contributed by atoms with Crippen LogP contribution in [-0.4, -0.2) is 32.0 Å². The molecule has 0 aromatic carbocycles. The van der Waals surface area contributed by atoms with Gasteiger partial charge in [0.2, 0.25) is 0 Å². The summed E-state index contributed by atoms with van der Waals surface area (Å²) in [4.78, 5) is 3.97. The van der Waals surface area contributed by atoms with Crippen molar-refractivity contribution in [3.63, 3.8) is 0 Å². The van der Waals surface area contributed by atoms with Gasteiger partial charge in [0, 0.05) is 30.4 Å². The number of sulfone groups is 1. The average Bonchev–Trinajstić information content (AvgIpc) is 2.33. The molecule has 1 N–H and O–H groups in total. The van der Waals surface area contributed by atoms with E-state index in [0.717, 1.165) is 24.9 Å². The van der Waals surface area contributed by atoms with Crippen molar-refractivity contribution in [1.29, 1.82) is 0 Å². The van der Waals surface area contributed by atoms with Crippen LogP contribution in [0.1, 0.15) is 37.8 Å². The molecule has 1 unspecified atom stereocenters. The van der Waals surface area contributed by atoms with Crippen molar-refractivity contribution < 1.29 is 8.42 Å². The molecule has 1 heterocycles. The van der Waals surface area contributed by atoms with E-state index in [2.05, 4.69) is 17.2 Å². The van der Waals surface area contributed by atoms with E-state index in [1.165, 1.54) is 6.26 Å². The lowest BCUT2D eigenvalue weighted by molar-refractivity contribution is 0.492. The van der Waals surface area contributed by atoms with Crippen LogP contribution in [0.25, 0.3) is 0 Å². The predicted molar refractivity (Wildman–Crippen MR) is 79.2 cm³/mol. The number of hydrogen-bond donors (Lipinski definition) is 1. The summed E-state index contributed by atoms with van der Waals surface area (Å²) in [5.41, 5.74) is 0.985. The van der Waals surface area contributed by atoms with Gasteiger partial charge in [0.15, 0.2) is 0 Å². The second-order valence-corrected chi connectivity index (χ2v) is 7.34. The van der Waals surface area contributed by atoms with Crippen LogP contribution in [-0.2, 0) is 9.84 Å². The van der Waals surface area contributed by atoms with Crippen molar-refractivity contribution in [2.75, 3.05) is 18.6 Å². The monoisotopic (exact) mass is 304 g/mol. The summed E-state index contributed by atoms with van der Waals surface area (Å²) in [5, 5.41) is 4.03. The normalized spacial score (nSPS) is 13.4. The Hall–Kier alpha value is -0.650. The van der Waals surface area contributed by atoms with Crippen LogP contribution >= 0.6 is 11.6 Å². The average molecular weight is 305 g/mol. The molecule has 0 aliphatic rings. The van der Waals surface area contributed by atoms with Crippen molar-refractivity contribution in [2.24, 2.45) is 0 Å². The van der Waals surface area contributed by atoms with E-state index in [0.29, 0.717) is 11.4 Å². The minimum Gasteiger partial charge on any atom is -0.310 e. The molecule has 0 radical (unpaired) electrons. The van der Waals surface area contributed by atoms with Crippen LogP contribution in [0.2, 0.25) is 5.02 Å². The molecular formula is C13H21ClN2O2S. The number of nitrogens with zero attached hydrogens (tertiary/aromatic N) is 1. The number of pyridine rings is 1. The molecule has 0 spiro atoms. The molecule has 0 aliphatic carbocycles. The molecule has 0 bridgehead atoms. The molecule has 4 nitrogen and oxygen atoms in total. The Morgan fingerprint density at radius 1 is 1.47 bits per heavy atom. The van der Waals surface area contributed by atoms with Crippen molar-refractivity contribution in [1.82, 2.24) is 10.3 Å². The summed E-state index contributed by atoms with van der Waals surface area (Å²) in [7, 11) is -2.91. The second kappa shape index (κ2) is 7.82. The molecule has 19 heavy (non-hydrogen) atoms. The Kier molecular flexibility index (Phi) is 6.75. The molecule has 0 aliphatic heterocycles. The number of hydrogen-bond acceptors (Lipinski definition) is 4. The van der Waals surface area contributed by atoms with Gasteiger partial charge in [0.1, 0.15) is 9.84 Å². The van der Waals surface area contributed by atoms with Crippen LogP contribution < -0.4 is 5.32 Å². The van der Waals surface area contributed by atoms with Crippen LogP contribution in [0.5, 0.6) is 0 Å². The highest BCUT2D eigenvalue weighted by atomic mass is 35.5. The van der Waals surface area contributed by atoms with Gasteiger partial charge in [0.25, 0.3) is 0 Å². The molecule has 6 heteroatoms. The fourth-order valence-corrected chi connectivity index (χ4v) is 2.85. The minimum atomic E-state index is -2.91. The third kappa shape index (κ3) is 6.36. The van der Waals surface area contributed by atoms with Gasteiger partial charge >= 0.3 is 0 Å². The number of rotatable bonds is 8. The molecule has 0 saturated heterocycles. The van der Waals surface area contributed by atoms with Gasteiger partial charge in [-0.2, -0.15) is 0 Å². The van der Waals surface area contributed by atoms with Crippen molar-refractivity contribution >= 4 is 21.4 Å². The van der Waals surface area contributed by atoms with Gasteiger partial charge in [0.05, 0.1) is 5.02 Å². The molecule has 108 valence electrons. The molecule has 1 aromatic rings. The lowest BCUT2D eigenvalue weighted by Gasteiger charge is -2.19. The first kappa shape index (κ1) is 16.4. The fourth-order valence-electron chi connectivity index (χ4n) is 1.90. The first-order chi connectivity index (χ1) is 8.94. The topological polar surface area (TPSA) is 59.1 Å². The summed E-state index contributed by atoms with van der Waals surface area (Å²) in [6.07, 6.45) is 6.98. The standard InChI is InChI=1S/C13H21ClN2O2S/c1-3-7-16-13(5-4-9-19(2,17)18)11-6-8-15-10-12(11)14/h6,8,10,13,16H,3-5,7,9H2,1-2H3. The van der Waals surface area contributed by atoms with Crippen LogP contribution in [0.15, 0.2) is 18.5 Å². The Balaban J connectivity index is 2.69. The molecule has 1 aromatic heterocycles. The van der Waals surface area contributed by atoms with E-state index in [4.69, 9.17) is 11.6 Å². The first-order valence-electron chi connectivity index (χ1n) is 6.44. The van der Waals surface area contributed by atoms with Gasteiger partial charge in [-0.25, -0.2) is 8.42 Å². The smallest absolute Gasteiger partial charge is 0.147 e. The van der Waals surface area contributed by atoms with Gasteiger partial charge in [-0.3, -0.25) is 4.98 Å². The van der Waals surface area contributed by atoms with Gasteiger partial charge in [-0.05, 0) is 37.4 Å². The molecule has 0 amide bonds. The van der Waals surface area contributed by atoms with Gasteiger partial charge in [-0.1, -0.05) is 18.5 Å². The molecule has 0 saturated carbocycles. The van der Waals surface area contributed by atoms with E-state index in [9.17, 15) is 8.42 Å². The summed E-state index contributed by atoms with van der Waals surface area (Å²) in [5.74, 6) is 0.208. The quantitative estimate of drug-likeness (QED) is 0.802. The zero-order valence-corrected chi connectivity index (χ0v) is 13.0. The Morgan fingerprint density at radius 2 is 2.21 bits per heavy atom. The summed E-state index contributed by atoms with van der Waals surface area (Å²) in [6, 6.07) is 1.97. The van der Waals surface area contributed by atoms with Crippen molar-refractivity contribution in [3.8, 4) is 0 Å². The Morgan fingerprint density at radius 3 is 2.79 bits per heavy atom. The molecule has 0 fully saturated rings. The Bertz CT molecular complexity index is 491. The summed E-state index contributed by atoms with van der Waals surface area (Å²) in [6.45, 7) is 2.97.